The molecule has 1 aromatic rings. The second-order valence-corrected chi connectivity index (χ2v) is 7.43. The van der Waals surface area contributed by atoms with E-state index < -0.39 is 5.60 Å². The van der Waals surface area contributed by atoms with Gasteiger partial charge in [0.1, 0.15) is 5.60 Å². The average molecular weight is 302 g/mol. The van der Waals surface area contributed by atoms with E-state index in [0.717, 1.165) is 19.6 Å². The topological polar surface area (TPSA) is 43.8 Å². The van der Waals surface area contributed by atoms with Crippen LogP contribution in [0.3, 0.4) is 0 Å². The molecule has 22 heavy (non-hydrogen) atoms. The molecule has 2 heterocycles. The zero-order valence-corrected chi connectivity index (χ0v) is 13.9. The molecule has 3 atom stereocenters. The number of fused-ring (bicyclic) bond motifs is 1. The fraction of sp³-hybridized carbons (Fsp3) is 0.611. The highest BCUT2D eigenvalue weighted by Gasteiger charge is 2.48. The molecular formula is C18H26N2O2. The zero-order chi connectivity index (χ0) is 16.1. The van der Waals surface area contributed by atoms with Crippen LogP contribution in [0.2, 0.25) is 0 Å². The predicted octanol–water partition coefficient (Wildman–Crippen LogP) is 1.83. The number of carbonyl (C=O) groups is 1. The monoisotopic (exact) mass is 302 g/mol. The molecule has 1 aromatic carbocycles. The summed E-state index contributed by atoms with van der Waals surface area (Å²) in [6.07, 6.45) is 0. The summed E-state index contributed by atoms with van der Waals surface area (Å²) >= 11 is 0. The van der Waals surface area contributed by atoms with Gasteiger partial charge in [-0.1, -0.05) is 24.3 Å². The lowest BCUT2D eigenvalue weighted by molar-refractivity contribution is -0.147. The smallest absolute Gasteiger partial charge is 0.253 e. The molecule has 0 bridgehead atoms. The van der Waals surface area contributed by atoms with Crippen molar-refractivity contribution in [2.75, 3.05) is 26.7 Å². The average Bonchev–Trinajstić information content (AvgIpc) is 2.94. The Balaban J connectivity index is 1.84. The Hall–Kier alpha value is -1.39. The number of hydrogen-bond acceptors (Lipinski definition) is 3. The minimum absolute atomic E-state index is 0.145. The van der Waals surface area contributed by atoms with Crippen LogP contribution in [0.25, 0.3) is 0 Å². The fourth-order valence-corrected chi connectivity index (χ4v) is 4.20. The Bertz CT molecular complexity index is 579. The van der Waals surface area contributed by atoms with Crippen LogP contribution in [0.15, 0.2) is 24.3 Å². The van der Waals surface area contributed by atoms with Gasteiger partial charge in [-0.3, -0.25) is 9.69 Å². The molecule has 0 saturated carbocycles. The Morgan fingerprint density at radius 3 is 2.55 bits per heavy atom. The maximum absolute atomic E-state index is 12.4. The highest BCUT2D eigenvalue weighted by molar-refractivity contribution is 5.84. The second-order valence-electron chi connectivity index (χ2n) is 7.43. The van der Waals surface area contributed by atoms with E-state index in [1.54, 1.807) is 13.8 Å². The summed E-state index contributed by atoms with van der Waals surface area (Å²) in [7, 11) is 2.18. The van der Waals surface area contributed by atoms with Gasteiger partial charge in [0.25, 0.3) is 5.91 Å². The Morgan fingerprint density at radius 2 is 1.91 bits per heavy atom. The summed E-state index contributed by atoms with van der Waals surface area (Å²) in [6, 6.07) is 8.90. The number of benzene rings is 1. The molecule has 2 aliphatic rings. The first-order chi connectivity index (χ1) is 10.3. The number of aryl methyl sites for hydroxylation is 1. The van der Waals surface area contributed by atoms with E-state index in [-0.39, 0.29) is 5.91 Å². The number of nitrogens with zero attached hydrogens (tertiary/aromatic N) is 2. The minimum atomic E-state index is -1.28. The Kier molecular flexibility index (Phi) is 3.77. The Labute approximate surface area is 132 Å². The van der Waals surface area contributed by atoms with Crippen molar-refractivity contribution in [3.05, 3.63) is 35.4 Å². The van der Waals surface area contributed by atoms with Crippen molar-refractivity contribution in [2.45, 2.75) is 32.4 Å². The molecule has 4 heteroatoms. The van der Waals surface area contributed by atoms with Crippen molar-refractivity contribution in [1.82, 2.24) is 9.80 Å². The van der Waals surface area contributed by atoms with Crippen molar-refractivity contribution >= 4 is 5.91 Å². The molecule has 2 saturated heterocycles. The van der Waals surface area contributed by atoms with Gasteiger partial charge in [0.2, 0.25) is 0 Å². The van der Waals surface area contributed by atoms with Crippen LogP contribution >= 0.6 is 0 Å². The second kappa shape index (κ2) is 5.36. The first-order valence-electron chi connectivity index (χ1n) is 8.06. The minimum Gasteiger partial charge on any atom is -0.381 e. The number of aliphatic hydroxyl groups is 1. The lowest BCUT2D eigenvalue weighted by atomic mass is 9.88. The van der Waals surface area contributed by atoms with Crippen molar-refractivity contribution < 1.29 is 9.90 Å². The highest BCUT2D eigenvalue weighted by Crippen LogP contribution is 2.45. The number of carbonyl (C=O) groups excluding carboxylic acids is 1. The molecule has 4 nitrogen and oxygen atoms in total. The molecule has 0 aliphatic carbocycles. The van der Waals surface area contributed by atoms with Crippen LogP contribution in [0.1, 0.15) is 31.0 Å². The first kappa shape index (κ1) is 15.5. The fourth-order valence-electron chi connectivity index (χ4n) is 4.20. The van der Waals surface area contributed by atoms with Gasteiger partial charge in [-0.2, -0.15) is 0 Å². The van der Waals surface area contributed by atoms with Crippen LogP contribution < -0.4 is 0 Å². The summed E-state index contributed by atoms with van der Waals surface area (Å²) in [5.74, 6) is 0.811. The number of rotatable bonds is 2. The maximum Gasteiger partial charge on any atom is 0.253 e. The summed E-state index contributed by atoms with van der Waals surface area (Å²) in [6.45, 7) is 7.84. The standard InChI is InChI=1S/C18H26N2O2/c1-12-7-5-6-8-14(12)16-15-11-20(17(21)18(2,3)22)10-13(15)9-19(16)4/h5-8,13,15-16,22H,9-11H2,1-4H3/t13-,15+,16+/m0/s1. The van der Waals surface area contributed by atoms with Crippen LogP contribution in [-0.4, -0.2) is 53.1 Å². The molecule has 1 amide bonds. The van der Waals surface area contributed by atoms with Gasteiger partial charge in [0.15, 0.2) is 0 Å². The van der Waals surface area contributed by atoms with Gasteiger partial charge < -0.3 is 10.0 Å². The Morgan fingerprint density at radius 1 is 1.23 bits per heavy atom. The third-order valence-electron chi connectivity index (χ3n) is 5.21. The first-order valence-corrected chi connectivity index (χ1v) is 8.06. The third-order valence-corrected chi connectivity index (χ3v) is 5.21. The van der Waals surface area contributed by atoms with Crippen molar-refractivity contribution in [2.24, 2.45) is 11.8 Å². The van der Waals surface area contributed by atoms with E-state index in [2.05, 4.69) is 43.1 Å². The number of likely N-dealkylation sites (tertiary alicyclic amines) is 2. The molecular weight excluding hydrogens is 276 g/mol. The molecule has 1 N–H and O–H groups in total. The lowest BCUT2D eigenvalue weighted by Gasteiger charge is -2.30. The van der Waals surface area contributed by atoms with E-state index in [0.29, 0.717) is 17.9 Å². The highest BCUT2D eigenvalue weighted by atomic mass is 16.3. The zero-order valence-electron chi connectivity index (χ0n) is 13.9. The van der Waals surface area contributed by atoms with Crippen LogP contribution in [0.4, 0.5) is 0 Å². The van der Waals surface area contributed by atoms with Crippen molar-refractivity contribution in [3.8, 4) is 0 Å². The summed E-state index contributed by atoms with van der Waals surface area (Å²) < 4.78 is 0. The number of amides is 1. The summed E-state index contributed by atoms with van der Waals surface area (Å²) in [4.78, 5) is 16.6. The lowest BCUT2D eigenvalue weighted by Crippen LogP contribution is -2.45. The largest absolute Gasteiger partial charge is 0.381 e. The molecule has 120 valence electrons. The van der Waals surface area contributed by atoms with Crippen molar-refractivity contribution in [3.63, 3.8) is 0 Å². The van der Waals surface area contributed by atoms with E-state index >= 15 is 0 Å². The summed E-state index contributed by atoms with van der Waals surface area (Å²) in [5.41, 5.74) is 1.41. The van der Waals surface area contributed by atoms with Crippen LogP contribution in [0.5, 0.6) is 0 Å². The quantitative estimate of drug-likeness (QED) is 0.906. The van der Waals surface area contributed by atoms with Crippen LogP contribution in [-0.2, 0) is 4.79 Å². The molecule has 0 unspecified atom stereocenters. The molecule has 0 spiro atoms. The number of hydrogen-bond donors (Lipinski definition) is 1. The molecule has 0 aromatic heterocycles. The van der Waals surface area contributed by atoms with E-state index in [1.807, 2.05) is 4.90 Å². The van der Waals surface area contributed by atoms with Gasteiger partial charge in [-0.15, -0.1) is 0 Å². The summed E-state index contributed by atoms with van der Waals surface area (Å²) in [5, 5.41) is 9.99. The van der Waals surface area contributed by atoms with E-state index in [9.17, 15) is 9.90 Å². The van der Waals surface area contributed by atoms with Crippen molar-refractivity contribution in [1.29, 1.82) is 0 Å². The van der Waals surface area contributed by atoms with E-state index in [4.69, 9.17) is 0 Å². The van der Waals surface area contributed by atoms with Gasteiger partial charge in [-0.25, -0.2) is 0 Å². The van der Waals surface area contributed by atoms with E-state index in [1.165, 1.54) is 11.1 Å². The van der Waals surface area contributed by atoms with Gasteiger partial charge >= 0.3 is 0 Å². The van der Waals surface area contributed by atoms with Gasteiger partial charge in [-0.05, 0) is 44.9 Å². The molecule has 0 radical (unpaired) electrons. The van der Waals surface area contributed by atoms with Gasteiger partial charge in [0, 0.05) is 31.6 Å². The van der Waals surface area contributed by atoms with Crippen LogP contribution in [0, 0.1) is 18.8 Å². The SMILES string of the molecule is Cc1ccccc1[C@@H]1[C@@H]2CN(C(=O)C(C)(C)O)C[C@@H]2CN1C. The molecule has 2 fully saturated rings. The third kappa shape index (κ3) is 2.55. The normalized spacial score (nSPS) is 29.0. The maximum atomic E-state index is 12.4. The molecule has 3 rings (SSSR count). The predicted molar refractivity (Wildman–Crippen MR) is 86.4 cm³/mol. The molecule has 2 aliphatic heterocycles. The van der Waals surface area contributed by atoms with Gasteiger partial charge in [0.05, 0.1) is 0 Å².